The number of carbonyl (C=O) groups is 1. The van der Waals surface area contributed by atoms with E-state index in [9.17, 15) is 4.79 Å². The van der Waals surface area contributed by atoms with Crippen LogP contribution in [-0.4, -0.2) is 26.7 Å². The maximum absolute atomic E-state index is 11.0. The van der Waals surface area contributed by atoms with Crippen LogP contribution in [0.5, 0.6) is 5.75 Å². The fourth-order valence-corrected chi connectivity index (χ4v) is 2.47. The zero-order valence-corrected chi connectivity index (χ0v) is 10.5. The summed E-state index contributed by atoms with van der Waals surface area (Å²) in [5, 5.41) is 9.03. The molecule has 0 radical (unpaired) electrons. The van der Waals surface area contributed by atoms with Gasteiger partial charge in [-0.1, -0.05) is 0 Å². The second-order valence-corrected chi connectivity index (χ2v) is 4.73. The molecule has 0 fully saturated rings. The number of carboxylic acid groups (broad SMARTS) is 1. The summed E-state index contributed by atoms with van der Waals surface area (Å²) in [4.78, 5) is 15.1. The molecule has 0 spiro atoms. The molecular formula is C14H14N2O3. The summed E-state index contributed by atoms with van der Waals surface area (Å²) in [6.07, 6.45) is 6.16. The molecule has 0 aliphatic carbocycles. The molecule has 2 atom stereocenters. The van der Waals surface area contributed by atoms with Gasteiger partial charge in [-0.25, -0.2) is 9.78 Å². The molecule has 0 bridgehead atoms. The maximum atomic E-state index is 11.0. The lowest BCUT2D eigenvalue weighted by Gasteiger charge is -2.32. The molecule has 3 rings (SSSR count). The van der Waals surface area contributed by atoms with Crippen LogP contribution in [-0.2, 0) is 6.42 Å². The Labute approximate surface area is 110 Å². The highest BCUT2D eigenvalue weighted by molar-refractivity contribution is 5.88. The van der Waals surface area contributed by atoms with Gasteiger partial charge >= 0.3 is 5.97 Å². The molecule has 98 valence electrons. The van der Waals surface area contributed by atoms with Crippen LogP contribution in [0.15, 0.2) is 36.9 Å². The summed E-state index contributed by atoms with van der Waals surface area (Å²) in [5.41, 5.74) is 1.22. The Bertz CT molecular complexity index is 607. The van der Waals surface area contributed by atoms with Crippen molar-refractivity contribution in [1.82, 2.24) is 9.55 Å². The molecule has 1 aromatic carbocycles. The third-order valence-corrected chi connectivity index (χ3v) is 3.50. The molecule has 5 nitrogen and oxygen atoms in total. The van der Waals surface area contributed by atoms with Crippen molar-refractivity contribution in [2.24, 2.45) is 0 Å². The van der Waals surface area contributed by atoms with Crippen molar-refractivity contribution < 1.29 is 14.6 Å². The fourth-order valence-electron chi connectivity index (χ4n) is 2.47. The minimum Gasteiger partial charge on any atom is -0.488 e. The van der Waals surface area contributed by atoms with Crippen LogP contribution < -0.4 is 4.74 Å². The van der Waals surface area contributed by atoms with E-state index in [4.69, 9.17) is 9.84 Å². The highest BCUT2D eigenvalue weighted by Gasteiger charge is 2.28. The van der Waals surface area contributed by atoms with Crippen molar-refractivity contribution in [2.75, 3.05) is 0 Å². The molecule has 0 saturated heterocycles. The van der Waals surface area contributed by atoms with Crippen molar-refractivity contribution in [3.8, 4) is 5.75 Å². The minimum atomic E-state index is -0.916. The molecule has 2 heterocycles. The molecule has 0 amide bonds. The van der Waals surface area contributed by atoms with Crippen LogP contribution in [0.1, 0.15) is 28.9 Å². The zero-order chi connectivity index (χ0) is 13.4. The lowest BCUT2D eigenvalue weighted by molar-refractivity contribution is 0.0696. The number of benzene rings is 1. The molecule has 1 aliphatic heterocycles. The van der Waals surface area contributed by atoms with E-state index in [1.165, 1.54) is 0 Å². The zero-order valence-electron chi connectivity index (χ0n) is 10.5. The van der Waals surface area contributed by atoms with Gasteiger partial charge in [-0.05, 0) is 30.7 Å². The number of aromatic nitrogens is 2. The van der Waals surface area contributed by atoms with Gasteiger partial charge in [0.1, 0.15) is 11.9 Å². The number of hydrogen-bond donors (Lipinski definition) is 1. The van der Waals surface area contributed by atoms with Crippen LogP contribution in [0.25, 0.3) is 0 Å². The molecule has 19 heavy (non-hydrogen) atoms. The predicted molar refractivity (Wildman–Crippen MR) is 68.5 cm³/mol. The largest absolute Gasteiger partial charge is 0.488 e. The Morgan fingerprint density at radius 1 is 1.53 bits per heavy atom. The summed E-state index contributed by atoms with van der Waals surface area (Å²) >= 11 is 0. The normalized spacial score (nSPS) is 21.5. The summed E-state index contributed by atoms with van der Waals surface area (Å²) < 4.78 is 7.86. The first-order valence-electron chi connectivity index (χ1n) is 6.15. The van der Waals surface area contributed by atoms with Crippen molar-refractivity contribution >= 4 is 5.97 Å². The van der Waals surface area contributed by atoms with Gasteiger partial charge in [0.05, 0.1) is 17.9 Å². The van der Waals surface area contributed by atoms with E-state index in [0.29, 0.717) is 5.56 Å². The molecule has 1 N–H and O–H groups in total. The molecule has 5 heteroatoms. The summed E-state index contributed by atoms with van der Waals surface area (Å²) in [6, 6.07) is 5.14. The minimum absolute atomic E-state index is 0.0254. The van der Waals surface area contributed by atoms with E-state index in [-0.39, 0.29) is 12.1 Å². The number of imidazole rings is 1. The Hall–Kier alpha value is -2.30. The number of nitrogens with zero attached hydrogens (tertiary/aromatic N) is 2. The monoisotopic (exact) mass is 258 g/mol. The lowest BCUT2D eigenvalue weighted by atomic mass is 9.96. The summed E-state index contributed by atoms with van der Waals surface area (Å²) in [6.45, 7) is 2.01. The van der Waals surface area contributed by atoms with Crippen LogP contribution in [0.4, 0.5) is 0 Å². The van der Waals surface area contributed by atoms with Crippen molar-refractivity contribution in [1.29, 1.82) is 0 Å². The molecule has 0 unspecified atom stereocenters. The van der Waals surface area contributed by atoms with Gasteiger partial charge in [0.25, 0.3) is 0 Å². The van der Waals surface area contributed by atoms with Crippen molar-refractivity contribution in [3.63, 3.8) is 0 Å². The maximum Gasteiger partial charge on any atom is 0.335 e. The lowest BCUT2D eigenvalue weighted by Crippen LogP contribution is -2.32. The third-order valence-electron chi connectivity index (χ3n) is 3.50. The average molecular weight is 258 g/mol. The number of ether oxygens (including phenoxy) is 1. The van der Waals surface area contributed by atoms with E-state index in [1.54, 1.807) is 30.7 Å². The molecular weight excluding hydrogens is 244 g/mol. The SMILES string of the molecule is C[C@@H]1Oc2ccc(C(=O)O)cc2C[C@@H]1n1ccnc1. The second kappa shape index (κ2) is 4.42. The van der Waals surface area contributed by atoms with Gasteiger partial charge in [0.2, 0.25) is 0 Å². The van der Waals surface area contributed by atoms with Crippen LogP contribution in [0.2, 0.25) is 0 Å². The van der Waals surface area contributed by atoms with E-state index in [0.717, 1.165) is 17.7 Å². The first-order valence-corrected chi connectivity index (χ1v) is 6.15. The van der Waals surface area contributed by atoms with Crippen molar-refractivity contribution in [2.45, 2.75) is 25.5 Å². The third kappa shape index (κ3) is 2.07. The van der Waals surface area contributed by atoms with Gasteiger partial charge < -0.3 is 14.4 Å². The molecule has 0 saturated carbocycles. The second-order valence-electron chi connectivity index (χ2n) is 4.73. The van der Waals surface area contributed by atoms with E-state index in [1.807, 2.05) is 17.7 Å². The Morgan fingerprint density at radius 3 is 3.05 bits per heavy atom. The highest BCUT2D eigenvalue weighted by Crippen LogP contribution is 2.33. The Morgan fingerprint density at radius 2 is 2.37 bits per heavy atom. The van der Waals surface area contributed by atoms with Gasteiger partial charge in [0, 0.05) is 18.8 Å². The number of hydrogen-bond acceptors (Lipinski definition) is 3. The van der Waals surface area contributed by atoms with E-state index >= 15 is 0 Å². The molecule has 1 aliphatic rings. The van der Waals surface area contributed by atoms with Gasteiger partial charge in [-0.3, -0.25) is 0 Å². The van der Waals surface area contributed by atoms with Crippen LogP contribution in [0, 0.1) is 0 Å². The first kappa shape index (κ1) is 11.8. The van der Waals surface area contributed by atoms with Gasteiger partial charge in [-0.2, -0.15) is 0 Å². The van der Waals surface area contributed by atoms with Crippen LogP contribution in [0.3, 0.4) is 0 Å². The number of fused-ring (bicyclic) bond motifs is 1. The smallest absolute Gasteiger partial charge is 0.335 e. The van der Waals surface area contributed by atoms with E-state index in [2.05, 4.69) is 4.98 Å². The quantitative estimate of drug-likeness (QED) is 0.896. The van der Waals surface area contributed by atoms with Crippen LogP contribution >= 0.6 is 0 Å². The standard InChI is InChI=1S/C14H14N2O3/c1-9-12(16-5-4-15-8-16)7-11-6-10(14(17)18)2-3-13(11)19-9/h2-6,8-9,12H,7H2,1H3,(H,17,18)/t9-,12-/m0/s1. The fraction of sp³-hybridized carbons (Fsp3) is 0.286. The summed E-state index contributed by atoms with van der Waals surface area (Å²) in [7, 11) is 0. The average Bonchev–Trinajstić information content (AvgIpc) is 2.91. The molecule has 1 aromatic heterocycles. The predicted octanol–water partition coefficient (Wildman–Crippen LogP) is 2.15. The van der Waals surface area contributed by atoms with Gasteiger partial charge in [-0.15, -0.1) is 0 Å². The van der Waals surface area contributed by atoms with Gasteiger partial charge in [0.15, 0.2) is 0 Å². The van der Waals surface area contributed by atoms with E-state index < -0.39 is 5.97 Å². The number of rotatable bonds is 2. The molecule has 2 aromatic rings. The Kier molecular flexibility index (Phi) is 2.74. The topological polar surface area (TPSA) is 64.3 Å². The Balaban J connectivity index is 1.96. The number of carboxylic acids is 1. The number of aromatic carboxylic acids is 1. The summed E-state index contributed by atoms with van der Waals surface area (Å²) in [5.74, 6) is -0.144. The first-order chi connectivity index (χ1) is 9.15. The highest BCUT2D eigenvalue weighted by atomic mass is 16.5. The van der Waals surface area contributed by atoms with Crippen molar-refractivity contribution in [3.05, 3.63) is 48.0 Å².